The van der Waals surface area contributed by atoms with Crippen molar-refractivity contribution >= 4 is 15.9 Å². The fraction of sp³-hybridized carbons (Fsp3) is 0.455. The van der Waals surface area contributed by atoms with Gasteiger partial charge in [-0.15, -0.1) is 0 Å². The Hall–Kier alpha value is -1.14. The molecule has 2 aromatic heterocycles. The van der Waals surface area contributed by atoms with Crippen LogP contribution in [0.1, 0.15) is 24.4 Å². The lowest BCUT2D eigenvalue weighted by molar-refractivity contribution is 0.561. The van der Waals surface area contributed by atoms with Crippen LogP contribution >= 0.6 is 15.9 Å². The number of rotatable bonds is 4. The summed E-state index contributed by atoms with van der Waals surface area (Å²) in [5.74, 6) is 0. The van der Waals surface area contributed by atoms with E-state index in [1.54, 1.807) is 0 Å². The van der Waals surface area contributed by atoms with Gasteiger partial charge in [0.15, 0.2) is 0 Å². The number of hydrogen-bond acceptors (Lipinski definition) is 3. The lowest BCUT2D eigenvalue weighted by Gasteiger charge is -2.16. The molecular formula is C11H16BrN5. The fourth-order valence-corrected chi connectivity index (χ4v) is 2.45. The molecule has 2 aromatic rings. The molecule has 0 aromatic carbocycles. The Morgan fingerprint density at radius 2 is 2.24 bits per heavy atom. The zero-order chi connectivity index (χ0) is 12.4. The zero-order valence-corrected chi connectivity index (χ0v) is 11.8. The minimum absolute atomic E-state index is 0.0584. The van der Waals surface area contributed by atoms with Gasteiger partial charge in [-0.25, -0.2) is 4.98 Å². The van der Waals surface area contributed by atoms with Gasteiger partial charge in [0.2, 0.25) is 0 Å². The van der Waals surface area contributed by atoms with Crippen LogP contribution in [0.15, 0.2) is 23.2 Å². The average molecular weight is 298 g/mol. The smallest absolute Gasteiger partial charge is 0.0948 e. The van der Waals surface area contributed by atoms with Gasteiger partial charge < -0.3 is 9.88 Å². The molecule has 1 atom stereocenters. The molecule has 1 unspecified atom stereocenters. The van der Waals surface area contributed by atoms with E-state index in [0.29, 0.717) is 0 Å². The van der Waals surface area contributed by atoms with Crippen LogP contribution in [0.5, 0.6) is 0 Å². The number of aromatic nitrogens is 4. The van der Waals surface area contributed by atoms with E-state index in [-0.39, 0.29) is 6.04 Å². The van der Waals surface area contributed by atoms with Gasteiger partial charge in [-0.2, -0.15) is 5.10 Å². The molecule has 0 saturated heterocycles. The van der Waals surface area contributed by atoms with Crippen LogP contribution in [0.4, 0.5) is 0 Å². The van der Waals surface area contributed by atoms with Crippen molar-refractivity contribution < 1.29 is 0 Å². The Balaban J connectivity index is 2.42. The molecule has 2 rings (SSSR count). The first-order chi connectivity index (χ1) is 8.13. The van der Waals surface area contributed by atoms with Crippen molar-refractivity contribution in [1.29, 1.82) is 0 Å². The summed E-state index contributed by atoms with van der Waals surface area (Å²) in [6.45, 7) is 2.96. The maximum absolute atomic E-state index is 4.41. The second-order valence-electron chi connectivity index (χ2n) is 3.96. The lowest BCUT2D eigenvalue weighted by atomic mass is 10.1. The van der Waals surface area contributed by atoms with Crippen LogP contribution < -0.4 is 5.32 Å². The molecule has 92 valence electrons. The minimum atomic E-state index is 0.0584. The first-order valence-electron chi connectivity index (χ1n) is 5.52. The van der Waals surface area contributed by atoms with Crippen molar-refractivity contribution in [3.05, 3.63) is 34.6 Å². The summed E-state index contributed by atoms with van der Waals surface area (Å²) in [5.41, 5.74) is 2.09. The normalized spacial score (nSPS) is 12.9. The molecule has 5 nitrogen and oxygen atoms in total. The number of aryl methyl sites for hydroxylation is 2. The molecule has 0 aliphatic rings. The van der Waals surface area contributed by atoms with Crippen molar-refractivity contribution in [2.45, 2.75) is 13.0 Å². The summed E-state index contributed by atoms with van der Waals surface area (Å²) in [6.07, 6.45) is 5.64. The van der Waals surface area contributed by atoms with Crippen LogP contribution in [0.2, 0.25) is 0 Å². The van der Waals surface area contributed by atoms with Crippen LogP contribution in [0.3, 0.4) is 0 Å². The largest absolute Gasteiger partial charge is 0.340 e. The van der Waals surface area contributed by atoms with E-state index in [0.717, 1.165) is 22.4 Å². The molecule has 0 aliphatic heterocycles. The topological polar surface area (TPSA) is 47.7 Å². The van der Waals surface area contributed by atoms with Gasteiger partial charge in [0.25, 0.3) is 0 Å². The maximum Gasteiger partial charge on any atom is 0.0948 e. The summed E-state index contributed by atoms with van der Waals surface area (Å²) in [6, 6.07) is 0.0584. The van der Waals surface area contributed by atoms with Crippen molar-refractivity contribution in [2.24, 2.45) is 14.1 Å². The molecule has 17 heavy (non-hydrogen) atoms. The molecule has 0 amide bonds. The van der Waals surface area contributed by atoms with E-state index in [2.05, 4.69) is 38.3 Å². The molecule has 1 N–H and O–H groups in total. The maximum atomic E-state index is 4.41. The van der Waals surface area contributed by atoms with Gasteiger partial charge in [-0.1, -0.05) is 6.92 Å². The highest BCUT2D eigenvalue weighted by atomic mass is 79.9. The van der Waals surface area contributed by atoms with E-state index < -0.39 is 0 Å². The molecule has 0 radical (unpaired) electrons. The Labute approximate surface area is 109 Å². The van der Waals surface area contributed by atoms with Crippen molar-refractivity contribution in [2.75, 3.05) is 6.54 Å². The highest BCUT2D eigenvalue weighted by molar-refractivity contribution is 9.10. The van der Waals surface area contributed by atoms with E-state index in [9.17, 15) is 0 Å². The van der Waals surface area contributed by atoms with E-state index in [1.165, 1.54) is 0 Å². The number of nitrogens with one attached hydrogen (secondary N) is 1. The highest BCUT2D eigenvalue weighted by Gasteiger charge is 2.21. The molecule has 0 fully saturated rings. The fourth-order valence-electron chi connectivity index (χ4n) is 1.87. The van der Waals surface area contributed by atoms with Crippen molar-refractivity contribution in [1.82, 2.24) is 24.6 Å². The molecule has 2 heterocycles. The van der Waals surface area contributed by atoms with Crippen molar-refractivity contribution in [3.8, 4) is 0 Å². The summed E-state index contributed by atoms with van der Waals surface area (Å²) >= 11 is 3.53. The standard InChI is InChI=1S/C11H16BrN5/c1-4-13-10(9-6-16(2)7-14-9)11-8(12)5-15-17(11)3/h5-7,10,13H,4H2,1-3H3. The number of imidazole rings is 1. The Kier molecular flexibility index (Phi) is 3.63. The molecular weight excluding hydrogens is 282 g/mol. The summed E-state index contributed by atoms with van der Waals surface area (Å²) in [4.78, 5) is 4.41. The first kappa shape index (κ1) is 12.3. The Bertz CT molecular complexity index is 482. The van der Waals surface area contributed by atoms with Gasteiger partial charge in [0.1, 0.15) is 0 Å². The van der Waals surface area contributed by atoms with Gasteiger partial charge in [-0.05, 0) is 22.5 Å². The molecule has 0 spiro atoms. The average Bonchev–Trinajstić information content (AvgIpc) is 2.84. The van der Waals surface area contributed by atoms with Crippen molar-refractivity contribution in [3.63, 3.8) is 0 Å². The first-order valence-corrected chi connectivity index (χ1v) is 6.31. The third-order valence-electron chi connectivity index (χ3n) is 2.64. The molecule has 0 aliphatic carbocycles. The van der Waals surface area contributed by atoms with E-state index >= 15 is 0 Å². The van der Waals surface area contributed by atoms with Crippen LogP contribution in [0.25, 0.3) is 0 Å². The SMILES string of the molecule is CCNC(c1cn(C)cn1)c1c(Br)cnn1C. The van der Waals surface area contributed by atoms with Crippen LogP contribution in [0, 0.1) is 0 Å². The summed E-state index contributed by atoms with van der Waals surface area (Å²) < 4.78 is 4.81. The van der Waals surface area contributed by atoms with Gasteiger partial charge in [0, 0.05) is 20.3 Å². The Morgan fingerprint density at radius 1 is 1.47 bits per heavy atom. The number of hydrogen-bond donors (Lipinski definition) is 1. The minimum Gasteiger partial charge on any atom is -0.340 e. The third-order valence-corrected chi connectivity index (χ3v) is 3.25. The quantitative estimate of drug-likeness (QED) is 0.933. The predicted molar refractivity (Wildman–Crippen MR) is 69.6 cm³/mol. The third kappa shape index (κ3) is 2.42. The highest BCUT2D eigenvalue weighted by Crippen LogP contribution is 2.26. The predicted octanol–water partition coefficient (Wildman–Crippen LogP) is 1.61. The molecule has 0 bridgehead atoms. The monoisotopic (exact) mass is 297 g/mol. The molecule has 0 saturated carbocycles. The summed E-state index contributed by atoms with van der Waals surface area (Å²) in [5, 5.41) is 7.68. The van der Waals surface area contributed by atoms with Gasteiger partial charge in [0.05, 0.1) is 34.4 Å². The van der Waals surface area contributed by atoms with Crippen LogP contribution in [-0.4, -0.2) is 25.9 Å². The van der Waals surface area contributed by atoms with Gasteiger partial charge in [-0.3, -0.25) is 4.68 Å². The van der Waals surface area contributed by atoms with E-state index in [1.807, 2.05) is 42.1 Å². The summed E-state index contributed by atoms with van der Waals surface area (Å²) in [7, 11) is 3.91. The van der Waals surface area contributed by atoms with Crippen LogP contribution in [-0.2, 0) is 14.1 Å². The van der Waals surface area contributed by atoms with E-state index in [4.69, 9.17) is 0 Å². The second kappa shape index (κ2) is 5.01. The van der Waals surface area contributed by atoms with Gasteiger partial charge >= 0.3 is 0 Å². The number of nitrogens with zero attached hydrogens (tertiary/aromatic N) is 4. The number of halogens is 1. The lowest BCUT2D eigenvalue weighted by Crippen LogP contribution is -2.25. The zero-order valence-electron chi connectivity index (χ0n) is 10.2. The molecule has 6 heteroatoms. The Morgan fingerprint density at radius 3 is 2.71 bits per heavy atom. The second-order valence-corrected chi connectivity index (χ2v) is 4.81.